The zero-order chi connectivity index (χ0) is 99.7. The average molecular weight is 1890 g/mol. The highest BCUT2D eigenvalue weighted by Crippen LogP contribution is 2.61. The topological polar surface area (TPSA) is 129 Å². The molecule has 21 aromatic carbocycles. The van der Waals surface area contributed by atoms with Crippen LogP contribution in [-0.4, -0.2) is 44.9 Å². The standard InChI is InChI=1S/C47H35N3O.2C45H35N3/c1-46(2)37-16-10-8-15-36(37)42-38(47(46,3)4)25-22-28-18-19-30-26-31(20-23-33(30)41(28)42)44-48-43(29-12-6-5-7-13-29)49-45(50-44)32-21-24-35-34-14-9-11-17-39(34)51-40(35)27-32;1-44(2)37-20-11-10-17-36(37)40-38(45(44,3)4)26-24-29-23-25-33-34(39(29)40)18-12-19-35(33)43-47-41(30-14-6-5-7-15-30)46-42(48-43)32-22-21-28-13-8-9-16-31(28)27-32;1-44(2)37-25-23-30-20-19-29-13-10-11-17-35(29)39(30)40(37)36-24-22-34(27-38(36)45(44,3)4)43-47-41(31-14-6-5-7-15-31)46-42(48-43)33-21-18-28-12-8-9-16-32(28)26-33/h5-27H,1-4H3;2*5-27H,1-4H3. The lowest BCUT2D eigenvalue weighted by Crippen LogP contribution is -2.43. The molecular weight excluding hydrogens is 1790 g/mol. The van der Waals surface area contributed by atoms with Crippen LogP contribution in [0.2, 0.25) is 0 Å². The minimum absolute atomic E-state index is 0.0240. The normalized spacial score (nSPS) is 14.6. The maximum absolute atomic E-state index is 6.24. The first-order chi connectivity index (χ1) is 71.4. The molecule has 3 aliphatic rings. The van der Waals surface area contributed by atoms with E-state index < -0.39 is 0 Å². The molecule has 0 amide bonds. The molecule has 4 heterocycles. The lowest BCUT2D eigenvalue weighted by atomic mass is 9.55. The molecule has 3 aliphatic carbocycles. The van der Waals surface area contributed by atoms with Gasteiger partial charge in [0.1, 0.15) is 11.2 Å². The van der Waals surface area contributed by atoms with E-state index in [-0.39, 0.29) is 32.5 Å². The summed E-state index contributed by atoms with van der Waals surface area (Å²) in [5.74, 6) is 5.89. The fourth-order valence-electron chi connectivity index (χ4n) is 23.7. The van der Waals surface area contributed by atoms with Crippen LogP contribution >= 0.6 is 0 Å². The minimum atomic E-state index is -0.167. The predicted octanol–water partition coefficient (Wildman–Crippen LogP) is 35.5. The summed E-state index contributed by atoms with van der Waals surface area (Å²) in [6.07, 6.45) is 0. The monoisotopic (exact) mass is 1890 g/mol. The summed E-state index contributed by atoms with van der Waals surface area (Å²) in [4.78, 5) is 45.8. The number of rotatable bonds is 9. The smallest absolute Gasteiger partial charge is 0.164 e. The van der Waals surface area contributed by atoms with Crippen molar-refractivity contribution in [2.75, 3.05) is 0 Å². The van der Waals surface area contributed by atoms with E-state index in [2.05, 4.69) is 411 Å². The van der Waals surface area contributed by atoms with Crippen LogP contribution in [0.25, 0.3) is 244 Å². The van der Waals surface area contributed by atoms with Gasteiger partial charge in [0.15, 0.2) is 52.4 Å². The Morgan fingerprint density at radius 3 is 0.925 bits per heavy atom. The van der Waals surface area contributed by atoms with Crippen LogP contribution in [0, 0.1) is 0 Å². The van der Waals surface area contributed by atoms with Crippen molar-refractivity contribution in [2.45, 2.75) is 116 Å². The van der Waals surface area contributed by atoms with E-state index in [0.29, 0.717) is 52.4 Å². The second kappa shape index (κ2) is 34.1. The van der Waals surface area contributed by atoms with Gasteiger partial charge >= 0.3 is 0 Å². The van der Waals surface area contributed by atoms with Gasteiger partial charge in [0.2, 0.25) is 0 Å². The number of benzene rings is 21. The molecule has 0 aliphatic heterocycles. The molecule has 25 aromatic rings. The van der Waals surface area contributed by atoms with Gasteiger partial charge in [0.25, 0.3) is 0 Å². The molecule has 0 unspecified atom stereocenters. The number of hydrogen-bond donors (Lipinski definition) is 0. The van der Waals surface area contributed by atoms with E-state index >= 15 is 0 Å². The minimum Gasteiger partial charge on any atom is -0.456 e. The van der Waals surface area contributed by atoms with E-state index in [4.69, 9.17) is 49.3 Å². The van der Waals surface area contributed by atoms with Crippen molar-refractivity contribution in [3.63, 3.8) is 0 Å². The maximum Gasteiger partial charge on any atom is 0.164 e. The van der Waals surface area contributed by atoms with Gasteiger partial charge in [0.05, 0.1) is 0 Å². The number of fused-ring (bicyclic) bond motifs is 26. The Morgan fingerprint density at radius 2 is 0.435 bits per heavy atom. The molecule has 0 saturated carbocycles. The molecule has 10 nitrogen and oxygen atoms in total. The Morgan fingerprint density at radius 1 is 0.150 bits per heavy atom. The van der Waals surface area contributed by atoms with E-state index in [1.807, 2.05) is 91.0 Å². The van der Waals surface area contributed by atoms with E-state index in [9.17, 15) is 0 Å². The van der Waals surface area contributed by atoms with Crippen molar-refractivity contribution in [2.24, 2.45) is 0 Å². The summed E-state index contributed by atoms with van der Waals surface area (Å²) in [5.41, 5.74) is 26.1. The molecule has 147 heavy (non-hydrogen) atoms. The molecule has 0 spiro atoms. The van der Waals surface area contributed by atoms with Crippen LogP contribution in [0.1, 0.15) is 116 Å². The van der Waals surface area contributed by atoms with Gasteiger partial charge in [-0.3, -0.25) is 0 Å². The first kappa shape index (κ1) is 89.6. The van der Waals surface area contributed by atoms with Crippen molar-refractivity contribution in [1.29, 1.82) is 0 Å². The fourth-order valence-corrected chi connectivity index (χ4v) is 23.7. The van der Waals surface area contributed by atoms with E-state index in [1.165, 1.54) is 131 Å². The van der Waals surface area contributed by atoms with Crippen LogP contribution in [0.15, 0.2) is 423 Å². The SMILES string of the molecule is CC1(C)c2cc(-c3nc(-c4ccccc4)nc(-c4ccc5ccccc5c4)n3)ccc2-c2c(ccc3ccc4ccccc4c23)C1(C)C.CC1(C)c2ccccc2-c2c(ccc3ccc4c(-c5nc(-c6ccccc6)nc(-c6ccc7ccccc7c6)n5)cccc4c23)C1(C)C.CC1(C)c2ccccc2-c2c(ccc3ccc4cc(-c5nc(-c6ccccc6)nc(-c6ccc7c(c6)oc6ccccc67)n5)ccc4c23)C1(C)C. The third-order valence-electron chi connectivity index (χ3n) is 33.8. The van der Waals surface area contributed by atoms with Crippen molar-refractivity contribution < 1.29 is 4.42 Å². The van der Waals surface area contributed by atoms with Gasteiger partial charge in [-0.05, 0) is 228 Å². The molecule has 4 aromatic heterocycles. The van der Waals surface area contributed by atoms with E-state index in [0.717, 1.165) is 93.6 Å². The number of nitrogens with zero attached hydrogens (tertiary/aromatic N) is 9. The highest BCUT2D eigenvalue weighted by Gasteiger charge is 2.50. The second-order valence-electron chi connectivity index (χ2n) is 43.1. The maximum atomic E-state index is 6.24. The van der Waals surface area contributed by atoms with Crippen LogP contribution < -0.4 is 0 Å². The molecule has 704 valence electrons. The lowest BCUT2D eigenvalue weighted by Gasteiger charge is -2.48. The molecule has 0 radical (unpaired) electrons. The number of furan rings is 1. The van der Waals surface area contributed by atoms with Gasteiger partial charge in [-0.15, -0.1) is 0 Å². The van der Waals surface area contributed by atoms with Gasteiger partial charge < -0.3 is 4.42 Å². The Bertz CT molecular complexity index is 9760. The third kappa shape index (κ3) is 14.5. The molecule has 0 bridgehead atoms. The summed E-state index contributed by atoms with van der Waals surface area (Å²) in [7, 11) is 0. The molecule has 10 heteroatoms. The van der Waals surface area contributed by atoms with Crippen LogP contribution in [0.3, 0.4) is 0 Å². The molecule has 0 saturated heterocycles. The molecule has 0 N–H and O–H groups in total. The lowest BCUT2D eigenvalue weighted by molar-refractivity contribution is 0.299. The highest BCUT2D eigenvalue weighted by molar-refractivity contribution is 6.21. The predicted molar refractivity (Wildman–Crippen MR) is 610 cm³/mol. The summed E-state index contributed by atoms with van der Waals surface area (Å²) < 4.78 is 6.24. The van der Waals surface area contributed by atoms with Gasteiger partial charge in [-0.1, -0.05) is 459 Å². The molecular formula is C137H105N9O. The summed E-state index contributed by atoms with van der Waals surface area (Å²) in [6, 6.07) is 149. The summed E-state index contributed by atoms with van der Waals surface area (Å²) in [6.45, 7) is 28.7. The Hall–Kier alpha value is -17.5. The Kier molecular flexibility index (Phi) is 20.8. The van der Waals surface area contributed by atoms with Gasteiger partial charge in [-0.2, -0.15) is 0 Å². The molecule has 0 atom stereocenters. The number of aromatic nitrogens is 9. The Balaban J connectivity index is 0.000000112. The second-order valence-corrected chi connectivity index (χ2v) is 43.1. The first-order valence-electron chi connectivity index (χ1n) is 51.0. The summed E-state index contributed by atoms with van der Waals surface area (Å²) >= 11 is 0. The number of para-hydroxylation sites is 1. The zero-order valence-electron chi connectivity index (χ0n) is 84.3. The van der Waals surface area contributed by atoms with Crippen LogP contribution in [0.4, 0.5) is 0 Å². The Labute approximate surface area is 854 Å². The summed E-state index contributed by atoms with van der Waals surface area (Å²) in [5, 5.41) is 21.8. The van der Waals surface area contributed by atoms with Crippen molar-refractivity contribution in [3.8, 4) is 136 Å². The first-order valence-corrected chi connectivity index (χ1v) is 51.0. The van der Waals surface area contributed by atoms with Gasteiger partial charge in [-0.25, -0.2) is 44.9 Å². The van der Waals surface area contributed by atoms with Crippen LogP contribution in [-0.2, 0) is 32.5 Å². The van der Waals surface area contributed by atoms with Crippen molar-refractivity contribution in [3.05, 3.63) is 452 Å². The van der Waals surface area contributed by atoms with Crippen molar-refractivity contribution in [1.82, 2.24) is 44.9 Å². The number of hydrogen-bond acceptors (Lipinski definition) is 10. The molecule has 28 rings (SSSR count). The fraction of sp³-hybridized carbons (Fsp3) is 0.131. The van der Waals surface area contributed by atoms with Crippen molar-refractivity contribution >= 4 is 108 Å². The largest absolute Gasteiger partial charge is 0.456 e. The van der Waals surface area contributed by atoms with Crippen LogP contribution in [0.5, 0.6) is 0 Å². The zero-order valence-corrected chi connectivity index (χ0v) is 84.3. The van der Waals surface area contributed by atoms with Gasteiger partial charge in [0, 0.05) is 60.8 Å². The quantitative estimate of drug-likeness (QED) is 0.129. The highest BCUT2D eigenvalue weighted by atomic mass is 16.3. The molecule has 0 fully saturated rings. The third-order valence-corrected chi connectivity index (χ3v) is 33.8. The average Bonchev–Trinajstić information content (AvgIpc) is 1.68. The van der Waals surface area contributed by atoms with E-state index in [1.54, 1.807) is 0 Å².